The Balaban J connectivity index is 3.42. The molecular weight excluding hydrogens is 146 g/mol. The zero-order chi connectivity index (χ0) is 6.62. The summed E-state index contributed by atoms with van der Waals surface area (Å²) in [5, 5.41) is 2.66. The van der Waals surface area contributed by atoms with Crippen molar-refractivity contribution < 1.29 is 8.76 Å². The van der Waals surface area contributed by atoms with Gasteiger partial charge >= 0.3 is 0 Å². The Morgan fingerprint density at radius 1 is 1.88 bits per heavy atom. The summed E-state index contributed by atoms with van der Waals surface area (Å²) in [6, 6.07) is 0. The molecule has 8 heavy (non-hydrogen) atoms. The number of rotatable bonds is 3. The summed E-state index contributed by atoms with van der Waals surface area (Å²) < 4.78 is 18.7. The molecule has 0 aliphatic rings. The molecule has 2 N–H and O–H groups in total. The second kappa shape index (κ2) is 3.34. The molecule has 0 saturated heterocycles. The summed E-state index contributed by atoms with van der Waals surface area (Å²) in [4.78, 5) is 0. The highest BCUT2D eigenvalue weighted by Gasteiger charge is 1.94. The van der Waals surface area contributed by atoms with Gasteiger partial charge in [0.1, 0.15) is 0 Å². The van der Waals surface area contributed by atoms with Crippen LogP contribution in [0, 0.1) is 0 Å². The van der Waals surface area contributed by atoms with Crippen LogP contribution in [0.3, 0.4) is 0 Å². The van der Waals surface area contributed by atoms with Crippen molar-refractivity contribution in [2.24, 2.45) is 0 Å². The van der Waals surface area contributed by atoms with Gasteiger partial charge in [0, 0.05) is 11.2 Å². The molecular formula is C3H9NO2S2. The maximum Gasteiger partial charge on any atom is 0.154 e. The van der Waals surface area contributed by atoms with Crippen molar-refractivity contribution in [2.45, 2.75) is 6.92 Å². The van der Waals surface area contributed by atoms with Gasteiger partial charge in [-0.2, -0.15) is 0 Å². The summed E-state index contributed by atoms with van der Waals surface area (Å²) in [5.41, 5.74) is 0. The summed E-state index contributed by atoms with van der Waals surface area (Å²) in [6.07, 6.45) is 0. The van der Waals surface area contributed by atoms with Gasteiger partial charge in [0.2, 0.25) is 0 Å². The van der Waals surface area contributed by atoms with Crippen LogP contribution in [-0.2, 0) is 20.0 Å². The molecule has 5 heteroatoms. The highest BCUT2D eigenvalue weighted by Crippen LogP contribution is 1.75. The van der Waals surface area contributed by atoms with Gasteiger partial charge in [-0.15, -0.1) is 0 Å². The van der Waals surface area contributed by atoms with Gasteiger partial charge in [0.15, 0.2) is 8.77 Å². The Morgan fingerprint density at radius 2 is 2.38 bits per heavy atom. The van der Waals surface area contributed by atoms with Gasteiger partial charge in [0.25, 0.3) is 0 Å². The van der Waals surface area contributed by atoms with Crippen molar-refractivity contribution in [3.05, 3.63) is 0 Å². The van der Waals surface area contributed by atoms with E-state index >= 15 is 0 Å². The Kier molecular flexibility index (Phi) is 3.46. The van der Waals surface area contributed by atoms with E-state index in [0.29, 0.717) is 6.54 Å². The van der Waals surface area contributed by atoms with Gasteiger partial charge in [-0.3, -0.25) is 0 Å². The van der Waals surface area contributed by atoms with Crippen LogP contribution in [0.4, 0.5) is 0 Å². The highest BCUT2D eigenvalue weighted by atomic mass is 32.8. The third-order valence-corrected chi connectivity index (χ3v) is 1.46. The number of nitrogens with one attached hydrogen (secondary N) is 1. The fraction of sp³-hybridized carbons (Fsp3) is 1.00. The lowest BCUT2D eigenvalue weighted by molar-refractivity contribution is 0.554. The first kappa shape index (κ1) is 8.29. The Bertz CT molecular complexity index is 139. The van der Waals surface area contributed by atoms with Crippen molar-refractivity contribution in [1.82, 2.24) is 5.32 Å². The number of hydrogen-bond donors (Lipinski definition) is 2. The van der Waals surface area contributed by atoms with Crippen LogP contribution in [0.25, 0.3) is 0 Å². The van der Waals surface area contributed by atoms with Crippen LogP contribution in [0.5, 0.6) is 0 Å². The fourth-order valence-electron chi connectivity index (χ4n) is 0.231. The van der Waals surface area contributed by atoms with Gasteiger partial charge < -0.3 is 9.87 Å². The summed E-state index contributed by atoms with van der Waals surface area (Å²) in [6.45, 7) is 2.52. The molecule has 0 aromatic rings. The lowest BCUT2D eigenvalue weighted by Gasteiger charge is -1.96. The predicted molar refractivity (Wildman–Crippen MR) is 36.7 cm³/mol. The molecule has 3 nitrogen and oxygen atoms in total. The topological polar surface area (TPSA) is 49.3 Å². The summed E-state index contributed by atoms with van der Waals surface area (Å²) >= 11 is 4.17. The SMILES string of the molecule is CCNCS(=O)(O)=S. The van der Waals surface area contributed by atoms with Crippen LogP contribution in [-0.4, -0.2) is 21.2 Å². The van der Waals surface area contributed by atoms with Crippen molar-refractivity contribution in [3.8, 4) is 0 Å². The first-order valence-electron chi connectivity index (χ1n) is 2.22. The molecule has 0 heterocycles. The van der Waals surface area contributed by atoms with E-state index in [1.165, 1.54) is 0 Å². The minimum Gasteiger partial charge on any atom is -0.305 e. The van der Waals surface area contributed by atoms with E-state index in [0.717, 1.165) is 0 Å². The maximum absolute atomic E-state index is 10.3. The molecule has 0 spiro atoms. The second-order valence-electron chi connectivity index (χ2n) is 1.33. The first-order chi connectivity index (χ1) is 3.56. The van der Waals surface area contributed by atoms with Gasteiger partial charge in [-0.1, -0.05) is 6.92 Å². The maximum atomic E-state index is 10.3. The Labute approximate surface area is 54.0 Å². The van der Waals surface area contributed by atoms with E-state index in [-0.39, 0.29) is 5.88 Å². The van der Waals surface area contributed by atoms with Crippen molar-refractivity contribution in [3.63, 3.8) is 0 Å². The third-order valence-electron chi connectivity index (χ3n) is 0.534. The molecule has 0 aromatic carbocycles. The molecule has 0 amide bonds. The van der Waals surface area contributed by atoms with Gasteiger partial charge in [0.05, 0.1) is 5.88 Å². The number of hydrogen-bond acceptors (Lipinski definition) is 3. The molecule has 0 bridgehead atoms. The molecule has 0 aliphatic heterocycles. The molecule has 0 aliphatic carbocycles. The quantitative estimate of drug-likeness (QED) is 0.591. The molecule has 1 unspecified atom stereocenters. The van der Waals surface area contributed by atoms with Crippen molar-refractivity contribution in [2.75, 3.05) is 12.4 Å². The molecule has 0 saturated carbocycles. The van der Waals surface area contributed by atoms with Crippen molar-refractivity contribution >= 4 is 20.0 Å². The van der Waals surface area contributed by atoms with E-state index in [1.807, 2.05) is 6.92 Å². The van der Waals surface area contributed by atoms with Crippen LogP contribution in [0.1, 0.15) is 6.92 Å². The zero-order valence-electron chi connectivity index (χ0n) is 4.59. The Hall–Kier alpha value is 0.290. The second-order valence-corrected chi connectivity index (χ2v) is 4.34. The minimum atomic E-state index is -2.96. The molecule has 1 atom stereocenters. The van der Waals surface area contributed by atoms with E-state index in [2.05, 4.69) is 16.5 Å². The van der Waals surface area contributed by atoms with Crippen LogP contribution in [0.2, 0.25) is 0 Å². The molecule has 0 radical (unpaired) electrons. The highest BCUT2D eigenvalue weighted by molar-refractivity contribution is 8.29. The van der Waals surface area contributed by atoms with Gasteiger partial charge in [-0.25, -0.2) is 4.21 Å². The van der Waals surface area contributed by atoms with Crippen LogP contribution < -0.4 is 5.32 Å². The molecule has 50 valence electrons. The normalized spacial score (nSPS) is 17.8. The molecule has 0 aromatic heterocycles. The third kappa shape index (κ3) is 6.29. The Morgan fingerprint density at radius 3 is 2.50 bits per heavy atom. The van der Waals surface area contributed by atoms with Gasteiger partial charge in [-0.05, 0) is 6.54 Å². The lowest BCUT2D eigenvalue weighted by atomic mass is 10.8. The smallest absolute Gasteiger partial charge is 0.154 e. The van der Waals surface area contributed by atoms with E-state index in [1.54, 1.807) is 0 Å². The van der Waals surface area contributed by atoms with Crippen LogP contribution in [0.15, 0.2) is 0 Å². The minimum absolute atomic E-state index is 0.0127. The molecule has 0 fully saturated rings. The van der Waals surface area contributed by atoms with E-state index in [4.69, 9.17) is 4.55 Å². The van der Waals surface area contributed by atoms with Crippen LogP contribution >= 0.6 is 0 Å². The zero-order valence-corrected chi connectivity index (χ0v) is 6.22. The predicted octanol–water partition coefficient (Wildman–Crippen LogP) is -0.227. The summed E-state index contributed by atoms with van der Waals surface area (Å²) in [7, 11) is -2.96. The van der Waals surface area contributed by atoms with E-state index in [9.17, 15) is 4.21 Å². The monoisotopic (exact) mass is 155 g/mol. The summed E-state index contributed by atoms with van der Waals surface area (Å²) in [5.74, 6) is 0.0127. The standard InChI is InChI=1S/C3H9NO2S2/c1-2-4-3-8(5,6)7/h4H,2-3H2,1H3,(H,5,6,7). The largest absolute Gasteiger partial charge is 0.305 e. The van der Waals surface area contributed by atoms with E-state index < -0.39 is 8.77 Å². The average Bonchev–Trinajstić information content (AvgIpc) is 1.59. The first-order valence-corrected chi connectivity index (χ1v) is 4.83. The lowest BCUT2D eigenvalue weighted by Crippen LogP contribution is -2.20. The fourth-order valence-corrected chi connectivity index (χ4v) is 0.943. The van der Waals surface area contributed by atoms with Crippen molar-refractivity contribution in [1.29, 1.82) is 0 Å². The molecule has 0 rings (SSSR count). The average molecular weight is 155 g/mol.